The predicted molar refractivity (Wildman–Crippen MR) is 89.5 cm³/mol. The van der Waals surface area contributed by atoms with Crippen molar-refractivity contribution in [3.8, 4) is 0 Å². The largest absolute Gasteiger partial charge is 0.350 e. The number of nitrogens with zero attached hydrogens (tertiary/aromatic N) is 2. The van der Waals surface area contributed by atoms with Crippen molar-refractivity contribution < 1.29 is 0 Å². The van der Waals surface area contributed by atoms with E-state index in [2.05, 4.69) is 60.9 Å². The lowest BCUT2D eigenvalue weighted by atomic mass is 10.0. The quantitative estimate of drug-likeness (QED) is 0.931. The summed E-state index contributed by atoms with van der Waals surface area (Å²) in [4.78, 5) is 2.54. The molecule has 2 heterocycles. The van der Waals surface area contributed by atoms with E-state index in [9.17, 15) is 0 Å². The van der Waals surface area contributed by atoms with E-state index < -0.39 is 0 Å². The molecule has 1 aliphatic rings. The van der Waals surface area contributed by atoms with Gasteiger partial charge in [0.25, 0.3) is 0 Å². The second-order valence-electron chi connectivity index (χ2n) is 6.80. The van der Waals surface area contributed by atoms with Crippen LogP contribution in [0, 0.1) is 0 Å². The molecule has 1 aromatic carbocycles. The van der Waals surface area contributed by atoms with E-state index in [1.807, 2.05) is 7.05 Å². The second kappa shape index (κ2) is 5.47. The maximum Gasteiger partial charge on any atom is 0.0484 e. The Morgan fingerprint density at radius 1 is 1.14 bits per heavy atom. The first-order valence-electron chi connectivity index (χ1n) is 8.00. The van der Waals surface area contributed by atoms with Crippen molar-refractivity contribution in [3.63, 3.8) is 0 Å². The van der Waals surface area contributed by atoms with E-state index in [-0.39, 0.29) is 0 Å². The Hall–Kier alpha value is -1.32. The fraction of sp³-hybridized carbons (Fsp3) is 0.556. The molecule has 3 heteroatoms. The average Bonchev–Trinajstić information content (AvgIpc) is 2.99. The van der Waals surface area contributed by atoms with Crippen molar-refractivity contribution in [2.45, 2.75) is 52.4 Å². The molecule has 2 aromatic rings. The van der Waals surface area contributed by atoms with Crippen molar-refractivity contribution in [1.29, 1.82) is 0 Å². The molecule has 0 spiro atoms. The normalized spacial score (nSPS) is 16.9. The smallest absolute Gasteiger partial charge is 0.0484 e. The van der Waals surface area contributed by atoms with Gasteiger partial charge in [-0.05, 0) is 63.1 Å². The first kappa shape index (κ1) is 14.6. The Morgan fingerprint density at radius 2 is 1.81 bits per heavy atom. The second-order valence-corrected chi connectivity index (χ2v) is 6.80. The van der Waals surface area contributed by atoms with Crippen LogP contribution in [-0.2, 0) is 26.6 Å². The molecule has 1 aliphatic heterocycles. The third kappa shape index (κ3) is 2.60. The van der Waals surface area contributed by atoms with Gasteiger partial charge in [-0.25, -0.2) is 0 Å². The molecule has 3 nitrogen and oxygen atoms in total. The van der Waals surface area contributed by atoms with Gasteiger partial charge in [0, 0.05) is 49.3 Å². The Morgan fingerprint density at radius 3 is 2.43 bits per heavy atom. The van der Waals surface area contributed by atoms with Crippen LogP contribution in [-0.4, -0.2) is 28.6 Å². The van der Waals surface area contributed by atoms with Gasteiger partial charge in [-0.1, -0.05) is 0 Å². The summed E-state index contributed by atoms with van der Waals surface area (Å²) in [6.45, 7) is 9.00. The number of fused-ring (bicyclic) bond motifs is 2. The summed E-state index contributed by atoms with van der Waals surface area (Å²) in [5, 5.41) is 4.78. The molecule has 0 aliphatic carbocycles. The number of aromatic nitrogens is 1. The summed E-state index contributed by atoms with van der Waals surface area (Å²) < 4.78 is 2.28. The molecule has 1 atom stereocenters. The van der Waals surface area contributed by atoms with Crippen LogP contribution in [0.15, 0.2) is 18.3 Å². The molecule has 3 rings (SSSR count). The van der Waals surface area contributed by atoms with E-state index in [0.29, 0.717) is 12.1 Å². The van der Waals surface area contributed by atoms with Gasteiger partial charge in [0.2, 0.25) is 0 Å². The zero-order valence-electron chi connectivity index (χ0n) is 13.9. The third-order valence-electron chi connectivity index (χ3n) is 4.89. The Kier molecular flexibility index (Phi) is 3.80. The van der Waals surface area contributed by atoms with Gasteiger partial charge in [-0.2, -0.15) is 0 Å². The standard InChI is InChI=1S/C18H27N3/c1-12(2)21-10-14-7-17-16(6-13(3)19-4)9-20(5)18(17)8-15(14)11-21/h7-9,12-13,19H,6,10-11H2,1-5H3. The molecule has 0 amide bonds. The van der Waals surface area contributed by atoms with Crippen molar-refractivity contribution >= 4 is 10.9 Å². The van der Waals surface area contributed by atoms with Crippen molar-refractivity contribution in [2.75, 3.05) is 7.05 Å². The van der Waals surface area contributed by atoms with E-state index in [1.54, 1.807) is 0 Å². The van der Waals surface area contributed by atoms with Gasteiger partial charge >= 0.3 is 0 Å². The van der Waals surface area contributed by atoms with E-state index in [1.165, 1.54) is 27.6 Å². The lowest BCUT2D eigenvalue weighted by Crippen LogP contribution is -2.24. The van der Waals surface area contributed by atoms with Gasteiger partial charge in [-0.3, -0.25) is 4.90 Å². The molecule has 0 saturated carbocycles. The summed E-state index contributed by atoms with van der Waals surface area (Å²) in [6.07, 6.45) is 3.38. The Bertz CT molecular complexity index is 654. The van der Waals surface area contributed by atoms with Crippen LogP contribution in [0.2, 0.25) is 0 Å². The lowest BCUT2D eigenvalue weighted by molar-refractivity contribution is 0.227. The van der Waals surface area contributed by atoms with Crippen molar-refractivity contribution in [2.24, 2.45) is 7.05 Å². The first-order valence-corrected chi connectivity index (χ1v) is 8.00. The number of aryl methyl sites for hydroxylation is 1. The molecule has 114 valence electrons. The van der Waals surface area contributed by atoms with Gasteiger partial charge in [-0.15, -0.1) is 0 Å². The molecule has 1 unspecified atom stereocenters. The fourth-order valence-electron chi connectivity index (χ4n) is 3.35. The third-order valence-corrected chi connectivity index (χ3v) is 4.89. The fourth-order valence-corrected chi connectivity index (χ4v) is 3.35. The predicted octanol–water partition coefficient (Wildman–Crippen LogP) is 3.05. The SMILES string of the molecule is CNC(C)Cc1cn(C)c2cc3c(cc12)CN(C(C)C)C3. The van der Waals surface area contributed by atoms with Crippen LogP contribution in [0.3, 0.4) is 0 Å². The number of benzene rings is 1. The minimum atomic E-state index is 0.510. The molecule has 0 radical (unpaired) electrons. The van der Waals surface area contributed by atoms with Crippen LogP contribution in [0.5, 0.6) is 0 Å². The number of hydrogen-bond acceptors (Lipinski definition) is 2. The molecular formula is C18H27N3. The van der Waals surface area contributed by atoms with Crippen molar-refractivity contribution in [3.05, 3.63) is 35.0 Å². The summed E-state index contributed by atoms with van der Waals surface area (Å²) in [7, 11) is 4.20. The van der Waals surface area contributed by atoms with Crippen LogP contribution < -0.4 is 5.32 Å². The highest BCUT2D eigenvalue weighted by atomic mass is 15.2. The highest BCUT2D eigenvalue weighted by Gasteiger charge is 2.23. The summed E-state index contributed by atoms with van der Waals surface area (Å²) in [5.41, 5.74) is 5.85. The minimum absolute atomic E-state index is 0.510. The average molecular weight is 285 g/mol. The van der Waals surface area contributed by atoms with E-state index >= 15 is 0 Å². The molecule has 0 saturated heterocycles. The molecule has 21 heavy (non-hydrogen) atoms. The van der Waals surface area contributed by atoms with Gasteiger partial charge in [0.1, 0.15) is 0 Å². The monoisotopic (exact) mass is 285 g/mol. The van der Waals surface area contributed by atoms with Gasteiger partial charge < -0.3 is 9.88 Å². The minimum Gasteiger partial charge on any atom is -0.350 e. The van der Waals surface area contributed by atoms with Crippen LogP contribution in [0.25, 0.3) is 10.9 Å². The highest BCUT2D eigenvalue weighted by molar-refractivity contribution is 5.86. The molecule has 0 fully saturated rings. The Labute approximate surface area is 127 Å². The first-order chi connectivity index (χ1) is 9.99. The molecule has 0 bridgehead atoms. The van der Waals surface area contributed by atoms with Crippen LogP contribution >= 0.6 is 0 Å². The van der Waals surface area contributed by atoms with E-state index in [4.69, 9.17) is 0 Å². The van der Waals surface area contributed by atoms with Gasteiger partial charge in [0.15, 0.2) is 0 Å². The number of rotatable bonds is 4. The van der Waals surface area contributed by atoms with Crippen molar-refractivity contribution in [1.82, 2.24) is 14.8 Å². The number of likely N-dealkylation sites (N-methyl/N-ethyl adjacent to an activating group) is 1. The summed E-state index contributed by atoms with van der Waals surface area (Å²) in [5.74, 6) is 0. The lowest BCUT2D eigenvalue weighted by Gasteiger charge is -2.18. The zero-order valence-corrected chi connectivity index (χ0v) is 13.9. The Balaban J connectivity index is 2.01. The molecule has 1 N–H and O–H groups in total. The van der Waals surface area contributed by atoms with E-state index in [0.717, 1.165) is 19.5 Å². The van der Waals surface area contributed by atoms with Gasteiger partial charge in [0.05, 0.1) is 0 Å². The summed E-state index contributed by atoms with van der Waals surface area (Å²) in [6, 6.07) is 5.96. The van der Waals surface area contributed by atoms with Crippen LogP contribution in [0.4, 0.5) is 0 Å². The molecular weight excluding hydrogens is 258 g/mol. The number of nitrogens with one attached hydrogen (secondary N) is 1. The maximum absolute atomic E-state index is 3.34. The van der Waals surface area contributed by atoms with Crippen LogP contribution in [0.1, 0.15) is 37.5 Å². The molecule has 1 aromatic heterocycles. The maximum atomic E-state index is 3.34. The topological polar surface area (TPSA) is 20.2 Å². The number of hydrogen-bond donors (Lipinski definition) is 1. The zero-order chi connectivity index (χ0) is 15.1. The highest BCUT2D eigenvalue weighted by Crippen LogP contribution is 2.31. The summed E-state index contributed by atoms with van der Waals surface area (Å²) >= 11 is 0.